The monoisotopic (exact) mass is 300 g/mol. The number of hydrogen-bond donors (Lipinski definition) is 2. The van der Waals surface area contributed by atoms with E-state index in [0.29, 0.717) is 18.8 Å². The number of carbonyl (C=O) groups excluding carboxylic acids is 1. The number of nitrogens with one attached hydrogen (secondary N) is 2. The minimum absolute atomic E-state index is 0.0453. The molecule has 1 fully saturated rings. The van der Waals surface area contributed by atoms with Gasteiger partial charge in [0.1, 0.15) is 5.82 Å². The Morgan fingerprint density at radius 2 is 2.18 bits per heavy atom. The lowest BCUT2D eigenvalue weighted by molar-refractivity contribution is -0.116. The van der Waals surface area contributed by atoms with Crippen LogP contribution in [0.1, 0.15) is 6.42 Å². The second-order valence-electron chi connectivity index (χ2n) is 5.24. The second-order valence-corrected chi connectivity index (χ2v) is 5.24. The molecule has 116 valence electrons. The van der Waals surface area contributed by atoms with E-state index in [-0.39, 0.29) is 5.91 Å². The molecule has 0 saturated carbocycles. The molecule has 0 unspecified atom stereocenters. The third kappa shape index (κ3) is 3.82. The number of amides is 1. The lowest BCUT2D eigenvalue weighted by Crippen LogP contribution is -2.43. The van der Waals surface area contributed by atoms with E-state index in [9.17, 15) is 4.79 Å². The van der Waals surface area contributed by atoms with Crippen LogP contribution in [0.25, 0.3) is 0 Å². The highest BCUT2D eigenvalue weighted by Crippen LogP contribution is 2.15. The Morgan fingerprint density at radius 3 is 2.86 bits per heavy atom. The van der Waals surface area contributed by atoms with Crippen LogP contribution in [0.3, 0.4) is 0 Å². The highest BCUT2D eigenvalue weighted by Gasteiger charge is 2.11. The Balaban J connectivity index is 1.50. The van der Waals surface area contributed by atoms with E-state index in [0.717, 1.165) is 31.9 Å². The third-order valence-corrected chi connectivity index (χ3v) is 3.65. The summed E-state index contributed by atoms with van der Waals surface area (Å²) in [4.78, 5) is 22.5. The second kappa shape index (κ2) is 7.04. The first-order valence-corrected chi connectivity index (χ1v) is 7.48. The zero-order chi connectivity index (χ0) is 15.2. The predicted molar refractivity (Wildman–Crippen MR) is 84.8 cm³/mol. The minimum Gasteiger partial charge on any atom is -0.368 e. The highest BCUT2D eigenvalue weighted by atomic mass is 16.1. The van der Waals surface area contributed by atoms with Crippen LogP contribution in [0, 0.1) is 0 Å². The number of aromatic nitrogens is 3. The predicted octanol–water partition coefficient (Wildman–Crippen LogP) is 0.716. The normalized spacial score (nSPS) is 14.8. The van der Waals surface area contributed by atoms with Crippen LogP contribution in [-0.4, -0.2) is 46.6 Å². The third-order valence-electron chi connectivity index (χ3n) is 3.65. The van der Waals surface area contributed by atoms with Gasteiger partial charge in [-0.05, 0) is 12.1 Å². The van der Waals surface area contributed by atoms with Crippen molar-refractivity contribution in [3.8, 4) is 0 Å². The van der Waals surface area contributed by atoms with E-state index >= 15 is 0 Å². The lowest BCUT2D eigenvalue weighted by Gasteiger charge is -2.29. The summed E-state index contributed by atoms with van der Waals surface area (Å²) in [6.45, 7) is 4.57. The number of anilines is 2. The van der Waals surface area contributed by atoms with Crippen molar-refractivity contribution < 1.29 is 4.79 Å². The van der Waals surface area contributed by atoms with Crippen molar-refractivity contribution in [1.82, 2.24) is 19.9 Å². The first-order chi connectivity index (χ1) is 10.8. The summed E-state index contributed by atoms with van der Waals surface area (Å²) >= 11 is 0. The van der Waals surface area contributed by atoms with E-state index in [2.05, 4.69) is 25.5 Å². The van der Waals surface area contributed by atoms with Crippen molar-refractivity contribution in [3.05, 3.63) is 37.1 Å². The lowest BCUT2D eigenvalue weighted by atomic mass is 10.3. The van der Waals surface area contributed by atoms with Crippen LogP contribution in [-0.2, 0) is 11.3 Å². The average Bonchev–Trinajstić information content (AvgIpc) is 3.08. The molecular formula is C15H20N6O. The van der Waals surface area contributed by atoms with Crippen LogP contribution in [0.15, 0.2) is 37.1 Å². The maximum atomic E-state index is 11.9. The Morgan fingerprint density at radius 1 is 1.32 bits per heavy atom. The number of nitrogens with zero attached hydrogens (tertiary/aromatic N) is 4. The van der Waals surface area contributed by atoms with Crippen molar-refractivity contribution in [2.45, 2.75) is 13.0 Å². The number of carbonyl (C=O) groups is 1. The number of hydrogen-bond acceptors (Lipinski definition) is 5. The Labute approximate surface area is 129 Å². The smallest absolute Gasteiger partial charge is 0.227 e. The number of aryl methyl sites for hydroxylation is 1. The largest absolute Gasteiger partial charge is 0.368 e. The van der Waals surface area contributed by atoms with Crippen LogP contribution >= 0.6 is 0 Å². The van der Waals surface area contributed by atoms with E-state index in [4.69, 9.17) is 0 Å². The van der Waals surface area contributed by atoms with Gasteiger partial charge in [0.2, 0.25) is 5.91 Å². The molecule has 0 bridgehead atoms. The molecule has 7 heteroatoms. The van der Waals surface area contributed by atoms with Crippen molar-refractivity contribution >= 4 is 17.4 Å². The topological polar surface area (TPSA) is 75.1 Å². The number of rotatable bonds is 5. The van der Waals surface area contributed by atoms with E-state index in [1.54, 1.807) is 12.5 Å². The minimum atomic E-state index is -0.0453. The van der Waals surface area contributed by atoms with E-state index < -0.39 is 0 Å². The van der Waals surface area contributed by atoms with Crippen molar-refractivity contribution in [1.29, 1.82) is 0 Å². The van der Waals surface area contributed by atoms with E-state index in [1.807, 2.05) is 29.1 Å². The summed E-state index contributed by atoms with van der Waals surface area (Å²) in [5.41, 5.74) is 1.10. The number of pyridine rings is 1. The maximum Gasteiger partial charge on any atom is 0.227 e. The maximum absolute atomic E-state index is 11.9. The molecule has 3 rings (SSSR count). The van der Waals surface area contributed by atoms with Gasteiger partial charge in [-0.2, -0.15) is 0 Å². The van der Waals surface area contributed by atoms with Gasteiger partial charge in [-0.1, -0.05) is 0 Å². The quantitative estimate of drug-likeness (QED) is 0.851. The van der Waals surface area contributed by atoms with Crippen LogP contribution in [0.4, 0.5) is 11.5 Å². The van der Waals surface area contributed by atoms with E-state index in [1.165, 1.54) is 0 Å². The summed E-state index contributed by atoms with van der Waals surface area (Å²) in [7, 11) is 0. The Bertz CT molecular complexity index is 589. The molecule has 0 aliphatic carbocycles. The van der Waals surface area contributed by atoms with Gasteiger partial charge in [0, 0.05) is 51.5 Å². The highest BCUT2D eigenvalue weighted by molar-refractivity contribution is 5.89. The molecule has 0 aromatic carbocycles. The van der Waals surface area contributed by atoms with Gasteiger partial charge in [0.05, 0.1) is 18.2 Å². The van der Waals surface area contributed by atoms with Gasteiger partial charge >= 0.3 is 0 Å². The fourth-order valence-corrected chi connectivity index (χ4v) is 2.43. The SMILES string of the molecule is O=C(CCn1ccnc1)Nc1ccc(N2CCNCC2)cn1. The molecule has 1 aliphatic rings. The number of piperazine rings is 1. The molecule has 3 heterocycles. The van der Waals surface area contributed by atoms with Gasteiger partial charge in [-0.3, -0.25) is 4.79 Å². The van der Waals surface area contributed by atoms with Gasteiger partial charge in [-0.15, -0.1) is 0 Å². The van der Waals surface area contributed by atoms with Crippen LogP contribution < -0.4 is 15.5 Å². The summed E-state index contributed by atoms with van der Waals surface area (Å²) in [6, 6.07) is 3.86. The molecule has 2 aromatic heterocycles. The first-order valence-electron chi connectivity index (χ1n) is 7.48. The number of imidazole rings is 1. The summed E-state index contributed by atoms with van der Waals surface area (Å²) < 4.78 is 1.88. The van der Waals surface area contributed by atoms with Crippen molar-refractivity contribution in [3.63, 3.8) is 0 Å². The zero-order valence-electron chi connectivity index (χ0n) is 12.4. The first kappa shape index (κ1) is 14.5. The molecule has 22 heavy (non-hydrogen) atoms. The van der Waals surface area contributed by atoms with Gasteiger partial charge < -0.3 is 20.1 Å². The summed E-state index contributed by atoms with van der Waals surface area (Å²) in [5, 5.41) is 6.14. The summed E-state index contributed by atoms with van der Waals surface area (Å²) in [5.74, 6) is 0.547. The summed E-state index contributed by atoms with van der Waals surface area (Å²) in [6.07, 6.45) is 7.46. The fraction of sp³-hybridized carbons (Fsp3) is 0.400. The average molecular weight is 300 g/mol. The molecule has 1 aliphatic heterocycles. The molecule has 1 amide bonds. The molecule has 2 N–H and O–H groups in total. The van der Waals surface area contributed by atoms with Gasteiger partial charge in [0.25, 0.3) is 0 Å². The van der Waals surface area contributed by atoms with Crippen molar-refractivity contribution in [2.75, 3.05) is 36.4 Å². The van der Waals surface area contributed by atoms with Crippen LogP contribution in [0.2, 0.25) is 0 Å². The molecule has 1 saturated heterocycles. The molecule has 7 nitrogen and oxygen atoms in total. The molecular weight excluding hydrogens is 280 g/mol. The Hall–Kier alpha value is -2.41. The standard InChI is InChI=1S/C15H20N6O/c22-15(3-7-20-8-4-17-12-20)19-14-2-1-13(11-18-14)21-9-5-16-6-10-21/h1-2,4,8,11-12,16H,3,5-7,9-10H2,(H,18,19,22). The Kier molecular flexibility index (Phi) is 4.65. The molecule has 0 radical (unpaired) electrons. The molecule has 2 aromatic rings. The van der Waals surface area contributed by atoms with Crippen LogP contribution in [0.5, 0.6) is 0 Å². The molecule has 0 atom stereocenters. The molecule has 0 spiro atoms. The fourth-order valence-electron chi connectivity index (χ4n) is 2.43. The van der Waals surface area contributed by atoms with Gasteiger partial charge in [0.15, 0.2) is 0 Å². The zero-order valence-corrected chi connectivity index (χ0v) is 12.4. The van der Waals surface area contributed by atoms with Gasteiger partial charge in [-0.25, -0.2) is 9.97 Å². The van der Waals surface area contributed by atoms with Crippen molar-refractivity contribution in [2.24, 2.45) is 0 Å².